The lowest BCUT2D eigenvalue weighted by molar-refractivity contribution is -0.182. The number of nitrogens with two attached hydrogens (primary N) is 1. The SMILES string of the molecule is NCC1(N2CCOC3CCCC32)C2CC3CC(C2)CC1C3. The molecular formula is C18H30N2O. The highest BCUT2D eigenvalue weighted by atomic mass is 16.5. The standard InChI is InChI=1S/C18H30N2O/c19-11-18(20-4-5-21-17-3-1-2-16(17)20)14-7-12-6-13(9-14)10-15(18)8-12/h12-17H,1-11,19H2. The smallest absolute Gasteiger partial charge is 0.0731 e. The van der Waals surface area contributed by atoms with E-state index < -0.39 is 0 Å². The van der Waals surface area contributed by atoms with E-state index in [1.807, 2.05) is 0 Å². The average molecular weight is 290 g/mol. The normalized spacial score (nSPS) is 55.9. The summed E-state index contributed by atoms with van der Waals surface area (Å²) in [4.78, 5) is 2.90. The van der Waals surface area contributed by atoms with Gasteiger partial charge < -0.3 is 10.5 Å². The summed E-state index contributed by atoms with van der Waals surface area (Å²) in [5.41, 5.74) is 6.86. The molecule has 0 radical (unpaired) electrons. The number of fused-ring (bicyclic) bond motifs is 1. The zero-order chi connectivity index (χ0) is 14.0. The van der Waals surface area contributed by atoms with Gasteiger partial charge in [0.1, 0.15) is 0 Å². The first kappa shape index (κ1) is 13.3. The lowest BCUT2D eigenvalue weighted by Crippen LogP contribution is -2.73. The second kappa shape index (κ2) is 4.69. The molecule has 2 N–H and O–H groups in total. The van der Waals surface area contributed by atoms with Gasteiger partial charge in [0.05, 0.1) is 12.7 Å². The van der Waals surface area contributed by atoms with Crippen LogP contribution in [-0.2, 0) is 4.74 Å². The van der Waals surface area contributed by atoms with Crippen molar-refractivity contribution in [3.8, 4) is 0 Å². The summed E-state index contributed by atoms with van der Waals surface area (Å²) in [6.45, 7) is 2.97. The number of ether oxygens (including phenoxy) is 1. The van der Waals surface area contributed by atoms with Crippen molar-refractivity contribution in [3.05, 3.63) is 0 Å². The van der Waals surface area contributed by atoms with Crippen molar-refractivity contribution in [2.45, 2.75) is 69.1 Å². The van der Waals surface area contributed by atoms with Crippen LogP contribution in [0, 0.1) is 23.7 Å². The Morgan fingerprint density at radius 2 is 1.71 bits per heavy atom. The summed E-state index contributed by atoms with van der Waals surface area (Å²) < 4.78 is 6.08. The topological polar surface area (TPSA) is 38.5 Å². The van der Waals surface area contributed by atoms with Crippen LogP contribution in [0.4, 0.5) is 0 Å². The molecule has 1 aliphatic heterocycles. The molecule has 0 amide bonds. The molecule has 4 bridgehead atoms. The molecule has 1 heterocycles. The highest BCUT2D eigenvalue weighted by Gasteiger charge is 2.61. The molecule has 118 valence electrons. The van der Waals surface area contributed by atoms with Crippen LogP contribution in [0.1, 0.15) is 51.4 Å². The molecule has 6 aliphatic rings. The number of hydrogen-bond acceptors (Lipinski definition) is 3. The molecule has 5 saturated carbocycles. The van der Waals surface area contributed by atoms with E-state index in [4.69, 9.17) is 10.5 Å². The number of morpholine rings is 1. The van der Waals surface area contributed by atoms with Crippen LogP contribution >= 0.6 is 0 Å². The minimum Gasteiger partial charge on any atom is -0.375 e. The summed E-state index contributed by atoms with van der Waals surface area (Å²) in [6.07, 6.45) is 11.9. The second-order valence-corrected chi connectivity index (χ2v) is 8.60. The highest BCUT2D eigenvalue weighted by molar-refractivity contribution is 5.15. The van der Waals surface area contributed by atoms with E-state index in [0.29, 0.717) is 17.7 Å². The maximum atomic E-state index is 6.52. The van der Waals surface area contributed by atoms with Gasteiger partial charge in [-0.2, -0.15) is 0 Å². The van der Waals surface area contributed by atoms with Gasteiger partial charge in [0.25, 0.3) is 0 Å². The lowest BCUT2D eigenvalue weighted by atomic mass is 9.48. The monoisotopic (exact) mass is 290 g/mol. The van der Waals surface area contributed by atoms with E-state index in [2.05, 4.69) is 4.90 Å². The van der Waals surface area contributed by atoms with Crippen LogP contribution in [0.3, 0.4) is 0 Å². The van der Waals surface area contributed by atoms with Crippen LogP contribution in [-0.4, -0.2) is 42.3 Å². The quantitative estimate of drug-likeness (QED) is 0.848. The van der Waals surface area contributed by atoms with Crippen molar-refractivity contribution in [1.82, 2.24) is 4.90 Å². The van der Waals surface area contributed by atoms with Crippen molar-refractivity contribution in [1.29, 1.82) is 0 Å². The summed E-state index contributed by atoms with van der Waals surface area (Å²) in [5, 5.41) is 0. The molecule has 0 aromatic carbocycles. The van der Waals surface area contributed by atoms with Crippen LogP contribution in [0.5, 0.6) is 0 Å². The Labute approximate surface area is 128 Å². The first-order valence-corrected chi connectivity index (χ1v) is 9.39. The zero-order valence-electron chi connectivity index (χ0n) is 13.2. The van der Waals surface area contributed by atoms with E-state index in [-0.39, 0.29) is 0 Å². The number of nitrogens with zero attached hydrogens (tertiary/aromatic N) is 1. The Bertz CT molecular complexity index is 395. The molecule has 5 aliphatic carbocycles. The molecule has 1 saturated heterocycles. The molecule has 6 rings (SSSR count). The Kier molecular flexibility index (Phi) is 2.98. The minimum atomic E-state index is 0.338. The van der Waals surface area contributed by atoms with E-state index in [1.165, 1.54) is 51.4 Å². The predicted molar refractivity (Wildman–Crippen MR) is 82.9 cm³/mol. The van der Waals surface area contributed by atoms with Crippen LogP contribution in [0.2, 0.25) is 0 Å². The van der Waals surface area contributed by atoms with Crippen LogP contribution in [0.15, 0.2) is 0 Å². The van der Waals surface area contributed by atoms with E-state index in [1.54, 1.807) is 0 Å². The Morgan fingerprint density at radius 3 is 2.38 bits per heavy atom. The molecule has 21 heavy (non-hydrogen) atoms. The van der Waals surface area contributed by atoms with Gasteiger partial charge in [-0.15, -0.1) is 0 Å². The Hall–Kier alpha value is -0.120. The largest absolute Gasteiger partial charge is 0.375 e. The van der Waals surface area contributed by atoms with Crippen molar-refractivity contribution in [3.63, 3.8) is 0 Å². The van der Waals surface area contributed by atoms with E-state index >= 15 is 0 Å². The molecule has 2 atom stereocenters. The lowest BCUT2D eigenvalue weighted by Gasteiger charge is -2.66. The van der Waals surface area contributed by atoms with Gasteiger partial charge in [0, 0.05) is 24.7 Å². The highest BCUT2D eigenvalue weighted by Crippen LogP contribution is 2.60. The molecule has 0 spiro atoms. The van der Waals surface area contributed by atoms with Gasteiger partial charge in [-0.25, -0.2) is 0 Å². The first-order chi connectivity index (χ1) is 10.3. The van der Waals surface area contributed by atoms with Crippen molar-refractivity contribution >= 4 is 0 Å². The van der Waals surface area contributed by atoms with E-state index in [0.717, 1.165) is 43.4 Å². The molecule has 3 nitrogen and oxygen atoms in total. The van der Waals surface area contributed by atoms with Gasteiger partial charge in [-0.3, -0.25) is 4.90 Å². The summed E-state index contributed by atoms with van der Waals surface area (Å²) in [6, 6.07) is 0.680. The van der Waals surface area contributed by atoms with Crippen LogP contribution in [0.25, 0.3) is 0 Å². The maximum absolute atomic E-state index is 6.52. The Morgan fingerprint density at radius 1 is 1.00 bits per heavy atom. The number of hydrogen-bond donors (Lipinski definition) is 1. The van der Waals surface area contributed by atoms with Crippen LogP contribution < -0.4 is 5.73 Å². The van der Waals surface area contributed by atoms with Gasteiger partial charge >= 0.3 is 0 Å². The zero-order valence-corrected chi connectivity index (χ0v) is 13.2. The summed E-state index contributed by atoms with van der Waals surface area (Å²) >= 11 is 0. The third-order valence-electron chi connectivity index (χ3n) is 7.90. The van der Waals surface area contributed by atoms with Gasteiger partial charge in [-0.1, -0.05) is 0 Å². The van der Waals surface area contributed by atoms with Gasteiger partial charge in [0.2, 0.25) is 0 Å². The molecule has 0 aromatic heterocycles. The molecule has 0 aromatic rings. The molecular weight excluding hydrogens is 260 g/mol. The van der Waals surface area contributed by atoms with Crippen molar-refractivity contribution in [2.75, 3.05) is 19.7 Å². The van der Waals surface area contributed by atoms with Gasteiger partial charge in [0.15, 0.2) is 0 Å². The second-order valence-electron chi connectivity index (χ2n) is 8.60. The summed E-state index contributed by atoms with van der Waals surface area (Å²) in [7, 11) is 0. The third kappa shape index (κ3) is 1.71. The number of rotatable bonds is 2. The summed E-state index contributed by atoms with van der Waals surface area (Å²) in [5.74, 6) is 3.84. The fraction of sp³-hybridized carbons (Fsp3) is 1.00. The fourth-order valence-corrected chi connectivity index (χ4v) is 7.36. The molecule has 6 fully saturated rings. The maximum Gasteiger partial charge on any atom is 0.0731 e. The van der Waals surface area contributed by atoms with Crippen molar-refractivity contribution in [2.24, 2.45) is 29.4 Å². The first-order valence-electron chi connectivity index (χ1n) is 9.39. The molecule has 3 heteroatoms. The average Bonchev–Trinajstić information content (AvgIpc) is 2.96. The Balaban J connectivity index is 1.52. The molecule has 2 unspecified atom stereocenters. The van der Waals surface area contributed by atoms with E-state index in [9.17, 15) is 0 Å². The predicted octanol–water partition coefficient (Wildman–Crippen LogP) is 2.39. The fourth-order valence-electron chi connectivity index (χ4n) is 7.36. The van der Waals surface area contributed by atoms with Gasteiger partial charge in [-0.05, 0) is 75.0 Å². The minimum absolute atomic E-state index is 0.338. The van der Waals surface area contributed by atoms with Crippen molar-refractivity contribution < 1.29 is 4.74 Å². The third-order valence-corrected chi connectivity index (χ3v) is 7.90.